The first-order valence-corrected chi connectivity index (χ1v) is 1.71. The third kappa shape index (κ3) is 30.6. The van der Waals surface area contributed by atoms with Crippen LogP contribution >= 0.6 is 24.0 Å². The average Bonchev–Trinajstić information content (AvgIpc) is 1.37. The van der Waals surface area contributed by atoms with Gasteiger partial charge < -0.3 is 30.9 Å². The zero-order valence-corrected chi connectivity index (χ0v) is 10.5. The monoisotopic (exact) mass is 336 g/mol. The fourth-order valence-electron chi connectivity index (χ4n) is 0. The molecular weight excluding hydrogens is 326 g/mol. The van der Waals surface area contributed by atoms with E-state index in [1.165, 1.54) is 6.42 Å². The van der Waals surface area contributed by atoms with E-state index in [0.29, 0.717) is 0 Å². The van der Waals surface area contributed by atoms with E-state index in [0.717, 1.165) is 6.42 Å². The third-order valence-corrected chi connectivity index (χ3v) is 0.354. The Balaban J connectivity index is -0.0000000150. The summed E-state index contributed by atoms with van der Waals surface area (Å²) in [5, 5.41) is 0. The van der Waals surface area contributed by atoms with Crippen LogP contribution in [0.1, 0.15) is 19.8 Å². The molecule has 0 amide bonds. The Hall–Kier alpha value is 2.23. The van der Waals surface area contributed by atoms with Crippen LogP contribution in [0, 0.1) is 6.92 Å². The summed E-state index contributed by atoms with van der Waals surface area (Å²) in [7, 11) is 0. The zero-order valence-electron chi connectivity index (χ0n) is 4.61. The second kappa shape index (κ2) is 24.1. The number of halogens is 2. The Morgan fingerprint density at radius 3 is 1.57 bits per heavy atom. The third-order valence-electron chi connectivity index (χ3n) is 0.354. The van der Waals surface area contributed by atoms with E-state index in [-0.39, 0.29) is 71.0 Å². The summed E-state index contributed by atoms with van der Waals surface area (Å²) in [4.78, 5) is 0. The van der Waals surface area contributed by atoms with Crippen LogP contribution in [-0.2, 0) is 0 Å². The summed E-state index contributed by atoms with van der Waals surface area (Å²) in [6.07, 6.45) is 2.28. The van der Waals surface area contributed by atoms with Crippen LogP contribution in [0.15, 0.2) is 0 Å². The van der Waals surface area contributed by atoms with Crippen LogP contribution < -0.4 is 24.0 Å². The Bertz CT molecular complexity index is 11.7. The first kappa shape index (κ1) is 22.9. The van der Waals surface area contributed by atoms with Gasteiger partial charge in [-0.3, -0.25) is 0 Å². The molecule has 0 atom stereocenters. The molecule has 7 heavy (non-hydrogen) atoms. The van der Waals surface area contributed by atoms with Crippen molar-refractivity contribution in [1.29, 1.82) is 0 Å². The molecule has 0 aliphatic rings. The summed E-state index contributed by atoms with van der Waals surface area (Å²) in [6.45, 7) is 5.72. The normalized spacial score (nSPS) is 4.29. The molecule has 0 saturated carbocycles. The maximum absolute atomic E-state index is 3.60. The molecule has 3 heteroatoms. The molecule has 0 rings (SSSR count). The molecule has 0 spiro atoms. The molecule has 0 fully saturated rings. The van der Waals surface area contributed by atoms with Gasteiger partial charge >= 0.3 is 23.1 Å². The largest absolute Gasteiger partial charge is 2.00 e. The van der Waals surface area contributed by atoms with E-state index in [2.05, 4.69) is 13.8 Å². The van der Waals surface area contributed by atoms with Crippen molar-refractivity contribution in [1.82, 2.24) is 0 Å². The van der Waals surface area contributed by atoms with Crippen LogP contribution in [0.3, 0.4) is 0 Å². The van der Waals surface area contributed by atoms with Gasteiger partial charge in [-0.1, -0.05) is 13.3 Å². The summed E-state index contributed by atoms with van der Waals surface area (Å²) >= 11 is 0. The van der Waals surface area contributed by atoms with Crippen LogP contribution in [0.2, 0.25) is 0 Å². The van der Waals surface area contributed by atoms with Gasteiger partial charge in [-0.15, -0.1) is 24.0 Å². The number of rotatable bonds is 1. The van der Waals surface area contributed by atoms with E-state index in [9.17, 15) is 0 Å². The second-order valence-corrected chi connectivity index (χ2v) is 0.854. The Kier molecular flexibility index (Phi) is 78.5. The molecule has 0 radical (unpaired) electrons. The predicted molar refractivity (Wildman–Crippen MR) is 41.4 cm³/mol. The molecule has 0 aromatic rings. The maximum Gasteiger partial charge on any atom is 2.00 e. The Morgan fingerprint density at radius 2 is 1.57 bits per heavy atom. The van der Waals surface area contributed by atoms with E-state index < -0.39 is 0 Å². The van der Waals surface area contributed by atoms with Gasteiger partial charge in [0.1, 0.15) is 0 Å². The molecule has 0 bridgehead atoms. The fourth-order valence-corrected chi connectivity index (χ4v) is 0. The van der Waals surface area contributed by atoms with E-state index in [1.807, 2.05) is 0 Å². The maximum atomic E-state index is 3.60. The van der Waals surface area contributed by atoms with Gasteiger partial charge in [-0.2, -0.15) is 6.42 Å². The minimum absolute atomic E-state index is 0. The topological polar surface area (TPSA) is 0 Å². The molecule has 0 aromatic heterocycles. The van der Waals surface area contributed by atoms with Gasteiger partial charge in [0.2, 0.25) is 0 Å². The van der Waals surface area contributed by atoms with Crippen molar-refractivity contribution in [2.24, 2.45) is 0 Å². The number of hydrogen-bond donors (Lipinski definition) is 0. The Labute approximate surface area is 96.4 Å². The van der Waals surface area contributed by atoms with Crippen LogP contribution in [0.5, 0.6) is 0 Å². The first-order valence-electron chi connectivity index (χ1n) is 1.71. The van der Waals surface area contributed by atoms with Crippen molar-refractivity contribution in [3.63, 3.8) is 0 Å². The standard InChI is InChI=1S/C4H9.2HI.Mg/c1-3-4-2;;;/h1,3-4H2,2H3;2*1H;/q-1;;;+2/p-1. The smallest absolute Gasteiger partial charge is 1.00 e. The minimum atomic E-state index is 0. The molecule has 0 aliphatic carbocycles. The summed E-state index contributed by atoms with van der Waals surface area (Å²) in [6, 6.07) is 0. The molecule has 0 unspecified atom stereocenters. The van der Waals surface area contributed by atoms with Gasteiger partial charge in [0.05, 0.1) is 0 Å². The molecule has 0 aromatic carbocycles. The van der Waals surface area contributed by atoms with E-state index in [4.69, 9.17) is 0 Å². The number of hydrogen-bond acceptors (Lipinski definition) is 0. The minimum Gasteiger partial charge on any atom is -1.00 e. The van der Waals surface area contributed by atoms with Crippen molar-refractivity contribution in [3.05, 3.63) is 6.92 Å². The van der Waals surface area contributed by atoms with E-state index >= 15 is 0 Å². The SMILES string of the molecule is I.[CH2-]CCC.[I-].[Mg+2]. The summed E-state index contributed by atoms with van der Waals surface area (Å²) < 4.78 is 0. The van der Waals surface area contributed by atoms with Gasteiger partial charge in [0.15, 0.2) is 0 Å². The van der Waals surface area contributed by atoms with Crippen molar-refractivity contribution < 1.29 is 24.0 Å². The van der Waals surface area contributed by atoms with Gasteiger partial charge in [-0.25, -0.2) is 0 Å². The van der Waals surface area contributed by atoms with Gasteiger partial charge in [0, 0.05) is 0 Å². The molecule has 0 saturated heterocycles. The molecule has 0 nitrogen and oxygen atoms in total. The summed E-state index contributed by atoms with van der Waals surface area (Å²) in [5.74, 6) is 0. The quantitative estimate of drug-likeness (QED) is 0.323. The van der Waals surface area contributed by atoms with Crippen LogP contribution in [0.25, 0.3) is 0 Å². The van der Waals surface area contributed by atoms with E-state index in [1.54, 1.807) is 0 Å². The van der Waals surface area contributed by atoms with Gasteiger partial charge in [-0.05, 0) is 0 Å². The number of unbranched alkanes of at least 4 members (excludes halogenated alkanes) is 1. The molecular formula is C4H10I2Mg. The summed E-state index contributed by atoms with van der Waals surface area (Å²) in [5.41, 5.74) is 0. The average molecular weight is 336 g/mol. The second-order valence-electron chi connectivity index (χ2n) is 0.854. The predicted octanol–water partition coefficient (Wildman–Crippen LogP) is -1.14. The Morgan fingerprint density at radius 1 is 1.43 bits per heavy atom. The van der Waals surface area contributed by atoms with Crippen molar-refractivity contribution in [3.8, 4) is 0 Å². The van der Waals surface area contributed by atoms with Crippen LogP contribution in [-0.4, -0.2) is 23.1 Å². The van der Waals surface area contributed by atoms with Crippen molar-refractivity contribution in [2.45, 2.75) is 19.8 Å². The van der Waals surface area contributed by atoms with Gasteiger partial charge in [0.25, 0.3) is 0 Å². The van der Waals surface area contributed by atoms with Crippen molar-refractivity contribution in [2.75, 3.05) is 0 Å². The molecule has 0 heterocycles. The molecule has 0 aliphatic heterocycles. The fraction of sp³-hybridized carbons (Fsp3) is 0.750. The molecule has 0 N–H and O–H groups in total. The van der Waals surface area contributed by atoms with Crippen molar-refractivity contribution >= 4 is 47.0 Å². The zero-order chi connectivity index (χ0) is 3.41. The molecule has 42 valence electrons. The first-order chi connectivity index (χ1) is 1.91. The van der Waals surface area contributed by atoms with Crippen LogP contribution in [0.4, 0.5) is 0 Å².